The zero-order chi connectivity index (χ0) is 18.0. The maximum atomic E-state index is 12.8. The highest BCUT2D eigenvalue weighted by molar-refractivity contribution is 9.10. The van der Waals surface area contributed by atoms with E-state index in [0.29, 0.717) is 33.6 Å². The summed E-state index contributed by atoms with van der Waals surface area (Å²) in [7, 11) is 0. The molecule has 1 amide bonds. The summed E-state index contributed by atoms with van der Waals surface area (Å²) in [6.07, 6.45) is 3.45. The third-order valence-corrected chi connectivity index (χ3v) is 5.18. The first kappa shape index (κ1) is 17.7. The third-order valence-electron chi connectivity index (χ3n) is 3.65. The number of carbonyl (C=O) groups excluding carboxylic acids is 1. The van der Waals surface area contributed by atoms with Crippen molar-refractivity contribution in [2.75, 3.05) is 11.6 Å². The Hall–Kier alpha value is -2.12. The smallest absolute Gasteiger partial charge is 0.260 e. The number of hydrogen-bond donors (Lipinski definition) is 1. The van der Waals surface area contributed by atoms with Crippen LogP contribution >= 0.6 is 27.7 Å². The van der Waals surface area contributed by atoms with Gasteiger partial charge in [-0.05, 0) is 49.9 Å². The van der Waals surface area contributed by atoms with Crippen LogP contribution in [0.1, 0.15) is 21.6 Å². The van der Waals surface area contributed by atoms with E-state index in [1.54, 1.807) is 25.3 Å². The number of furan rings is 1. The second-order valence-electron chi connectivity index (χ2n) is 5.41. The Morgan fingerprint density at radius 2 is 2.04 bits per heavy atom. The molecule has 0 bridgehead atoms. The van der Waals surface area contributed by atoms with Gasteiger partial charge in [-0.1, -0.05) is 22.0 Å². The molecule has 5 nitrogen and oxygen atoms in total. The van der Waals surface area contributed by atoms with Gasteiger partial charge in [0.15, 0.2) is 11.6 Å². The van der Waals surface area contributed by atoms with Crippen molar-refractivity contribution in [1.82, 2.24) is 9.97 Å². The van der Waals surface area contributed by atoms with E-state index in [9.17, 15) is 4.79 Å². The second-order valence-corrected chi connectivity index (χ2v) is 7.06. The van der Waals surface area contributed by atoms with Crippen LogP contribution in [0.2, 0.25) is 0 Å². The molecule has 3 aromatic rings. The number of benzene rings is 1. The highest BCUT2D eigenvalue weighted by Gasteiger charge is 2.20. The lowest BCUT2D eigenvalue weighted by molar-refractivity contribution is 0.102. The minimum Gasteiger partial charge on any atom is -0.461 e. The SMILES string of the molecule is CSc1nc(-c2ccco2)nc(C)c1C(=O)Nc1ccc(C)c(Br)c1. The fourth-order valence-electron chi connectivity index (χ4n) is 2.34. The molecular weight excluding hydrogens is 402 g/mol. The minimum atomic E-state index is -0.233. The van der Waals surface area contributed by atoms with Crippen molar-refractivity contribution < 1.29 is 9.21 Å². The predicted octanol–water partition coefficient (Wildman–Crippen LogP) is 5.09. The molecule has 0 aliphatic heterocycles. The lowest BCUT2D eigenvalue weighted by Crippen LogP contribution is -2.17. The number of anilines is 1. The number of carbonyl (C=O) groups is 1. The summed E-state index contributed by atoms with van der Waals surface area (Å²) in [6, 6.07) is 9.26. The van der Waals surface area contributed by atoms with Crippen LogP contribution in [-0.4, -0.2) is 22.1 Å². The summed E-state index contributed by atoms with van der Waals surface area (Å²) in [4.78, 5) is 21.7. The molecule has 128 valence electrons. The van der Waals surface area contributed by atoms with Crippen molar-refractivity contribution >= 4 is 39.3 Å². The van der Waals surface area contributed by atoms with Gasteiger partial charge in [0.05, 0.1) is 17.5 Å². The van der Waals surface area contributed by atoms with E-state index in [0.717, 1.165) is 10.0 Å². The van der Waals surface area contributed by atoms with Gasteiger partial charge in [-0.3, -0.25) is 4.79 Å². The monoisotopic (exact) mass is 417 g/mol. The third kappa shape index (κ3) is 3.77. The van der Waals surface area contributed by atoms with Crippen LogP contribution in [0.4, 0.5) is 5.69 Å². The molecule has 0 fully saturated rings. The zero-order valence-electron chi connectivity index (χ0n) is 14.0. The van der Waals surface area contributed by atoms with Gasteiger partial charge >= 0.3 is 0 Å². The molecule has 2 aromatic heterocycles. The summed E-state index contributed by atoms with van der Waals surface area (Å²) in [5.74, 6) is 0.818. The Balaban J connectivity index is 1.95. The van der Waals surface area contributed by atoms with Crippen molar-refractivity contribution in [3.05, 3.63) is 57.9 Å². The maximum absolute atomic E-state index is 12.8. The number of halogens is 1. The molecule has 0 atom stereocenters. The summed E-state index contributed by atoms with van der Waals surface area (Å²) in [6.45, 7) is 3.79. The molecule has 0 saturated heterocycles. The van der Waals surface area contributed by atoms with Crippen molar-refractivity contribution in [2.45, 2.75) is 18.9 Å². The standard InChI is InChI=1S/C18H16BrN3O2S/c1-10-6-7-12(9-13(10)19)21-17(23)15-11(2)20-16(22-18(15)25-3)14-5-4-8-24-14/h4-9H,1-3H3,(H,21,23). The second kappa shape index (κ2) is 7.41. The van der Waals surface area contributed by atoms with Gasteiger partial charge < -0.3 is 9.73 Å². The Bertz CT molecular complexity index is 926. The molecule has 0 saturated carbocycles. The van der Waals surface area contributed by atoms with Crippen LogP contribution in [0.5, 0.6) is 0 Å². The zero-order valence-corrected chi connectivity index (χ0v) is 16.4. The molecule has 0 spiro atoms. The number of amides is 1. The number of aromatic nitrogens is 2. The van der Waals surface area contributed by atoms with E-state index >= 15 is 0 Å². The van der Waals surface area contributed by atoms with Gasteiger partial charge in [0.2, 0.25) is 0 Å². The molecular formula is C18H16BrN3O2S. The topological polar surface area (TPSA) is 68.0 Å². The van der Waals surface area contributed by atoms with Crippen molar-refractivity contribution in [3.8, 4) is 11.6 Å². The lowest BCUT2D eigenvalue weighted by atomic mass is 10.2. The molecule has 3 rings (SSSR count). The lowest BCUT2D eigenvalue weighted by Gasteiger charge is -2.12. The molecule has 2 heterocycles. The Morgan fingerprint density at radius 3 is 2.68 bits per heavy atom. The molecule has 0 radical (unpaired) electrons. The number of rotatable bonds is 4. The summed E-state index contributed by atoms with van der Waals surface area (Å²) in [5.41, 5.74) is 2.89. The van der Waals surface area contributed by atoms with Gasteiger partial charge in [0.1, 0.15) is 5.03 Å². The van der Waals surface area contributed by atoms with Crippen LogP contribution < -0.4 is 5.32 Å². The van der Waals surface area contributed by atoms with Crippen molar-refractivity contribution in [2.24, 2.45) is 0 Å². The van der Waals surface area contributed by atoms with Gasteiger partial charge in [-0.15, -0.1) is 11.8 Å². The van der Waals surface area contributed by atoms with Gasteiger partial charge in [0.25, 0.3) is 5.91 Å². The van der Waals surface area contributed by atoms with E-state index < -0.39 is 0 Å². The number of aryl methyl sites for hydroxylation is 2. The summed E-state index contributed by atoms with van der Waals surface area (Å²) < 4.78 is 6.30. The highest BCUT2D eigenvalue weighted by atomic mass is 79.9. The number of nitrogens with zero attached hydrogens (tertiary/aromatic N) is 2. The first-order chi connectivity index (χ1) is 12.0. The highest BCUT2D eigenvalue weighted by Crippen LogP contribution is 2.27. The van der Waals surface area contributed by atoms with Gasteiger partial charge in [-0.2, -0.15) is 0 Å². The van der Waals surface area contributed by atoms with Crippen LogP contribution in [0.3, 0.4) is 0 Å². The van der Waals surface area contributed by atoms with Crippen LogP contribution in [0.25, 0.3) is 11.6 Å². The van der Waals surface area contributed by atoms with Gasteiger partial charge in [-0.25, -0.2) is 9.97 Å². The molecule has 0 aliphatic carbocycles. The Kier molecular flexibility index (Phi) is 5.24. The van der Waals surface area contributed by atoms with Crippen LogP contribution in [-0.2, 0) is 0 Å². The first-order valence-electron chi connectivity index (χ1n) is 7.53. The minimum absolute atomic E-state index is 0.233. The van der Waals surface area contributed by atoms with E-state index in [4.69, 9.17) is 4.42 Å². The van der Waals surface area contributed by atoms with Crippen LogP contribution in [0, 0.1) is 13.8 Å². The van der Waals surface area contributed by atoms with Crippen molar-refractivity contribution in [1.29, 1.82) is 0 Å². The number of nitrogens with one attached hydrogen (secondary N) is 1. The molecule has 0 aliphatic rings. The summed E-state index contributed by atoms with van der Waals surface area (Å²) in [5, 5.41) is 3.52. The van der Waals surface area contributed by atoms with Gasteiger partial charge in [0, 0.05) is 10.2 Å². The maximum Gasteiger partial charge on any atom is 0.260 e. The van der Waals surface area contributed by atoms with Crippen LogP contribution in [0.15, 0.2) is 50.5 Å². The molecule has 7 heteroatoms. The quantitative estimate of drug-likeness (QED) is 0.472. The molecule has 1 N–H and O–H groups in total. The van der Waals surface area contributed by atoms with E-state index in [1.807, 2.05) is 31.4 Å². The fraction of sp³-hybridized carbons (Fsp3) is 0.167. The molecule has 25 heavy (non-hydrogen) atoms. The van der Waals surface area contributed by atoms with Crippen molar-refractivity contribution in [3.63, 3.8) is 0 Å². The van der Waals surface area contributed by atoms with E-state index in [2.05, 4.69) is 31.2 Å². The fourth-order valence-corrected chi connectivity index (χ4v) is 3.34. The van der Waals surface area contributed by atoms with E-state index in [-0.39, 0.29) is 5.91 Å². The summed E-state index contributed by atoms with van der Waals surface area (Å²) >= 11 is 4.88. The van der Waals surface area contributed by atoms with E-state index in [1.165, 1.54) is 11.8 Å². The first-order valence-corrected chi connectivity index (χ1v) is 9.55. The molecule has 0 unspecified atom stereocenters. The largest absolute Gasteiger partial charge is 0.461 e. The normalized spacial score (nSPS) is 10.7. The Morgan fingerprint density at radius 1 is 1.24 bits per heavy atom. The predicted molar refractivity (Wildman–Crippen MR) is 103 cm³/mol. The average molecular weight is 418 g/mol. The molecule has 1 aromatic carbocycles. The Labute approximate surface area is 158 Å². The number of thioether (sulfide) groups is 1. The average Bonchev–Trinajstić information content (AvgIpc) is 3.11. The number of hydrogen-bond acceptors (Lipinski definition) is 5.